The molecule has 1 aliphatic rings. The number of carbonyl (C=O) groups excluding carboxylic acids is 1. The van der Waals surface area contributed by atoms with Crippen LogP contribution in [-0.4, -0.2) is 31.0 Å². The van der Waals surface area contributed by atoms with E-state index in [-0.39, 0.29) is 18.7 Å². The molecule has 1 unspecified atom stereocenters. The highest BCUT2D eigenvalue weighted by Gasteiger charge is 2.38. The van der Waals surface area contributed by atoms with Gasteiger partial charge in [-0.05, 0) is 18.2 Å². The van der Waals surface area contributed by atoms with E-state index in [0.717, 1.165) is 23.1 Å². The minimum atomic E-state index is -4.81. The Labute approximate surface area is 108 Å². The van der Waals surface area contributed by atoms with Crippen LogP contribution in [0.3, 0.4) is 0 Å². The molecule has 0 aromatic heterocycles. The first-order valence-corrected chi connectivity index (χ1v) is 6.87. The van der Waals surface area contributed by atoms with Gasteiger partial charge >= 0.3 is 10.2 Å². The molecule has 19 heavy (non-hydrogen) atoms. The minimum absolute atomic E-state index is 0.0785. The number of benzene rings is 1. The van der Waals surface area contributed by atoms with Crippen molar-refractivity contribution in [2.45, 2.75) is 18.2 Å². The summed E-state index contributed by atoms with van der Waals surface area (Å²) in [6.45, 7) is -0.637. The van der Waals surface area contributed by atoms with Crippen molar-refractivity contribution in [3.05, 3.63) is 35.4 Å². The smallest absolute Gasteiger partial charge is 0.307 e. The number of hydrogen-bond donors (Lipinski definition) is 0. The molecule has 1 aromatic rings. The second-order valence-electron chi connectivity index (χ2n) is 4.31. The van der Waals surface area contributed by atoms with Gasteiger partial charge in [0.2, 0.25) is 5.91 Å². The Bertz CT molecular complexity index is 618. The third kappa shape index (κ3) is 3.06. The lowest BCUT2D eigenvalue weighted by Crippen LogP contribution is -2.27. The molecule has 104 valence electrons. The molecule has 2 rings (SSSR count). The van der Waals surface area contributed by atoms with E-state index in [1.54, 1.807) is 0 Å². The predicted octanol–water partition coefficient (Wildman–Crippen LogP) is 1.36. The van der Waals surface area contributed by atoms with E-state index in [1.165, 1.54) is 0 Å². The first kappa shape index (κ1) is 13.9. The molecule has 0 bridgehead atoms. The van der Waals surface area contributed by atoms with Crippen LogP contribution in [0.25, 0.3) is 0 Å². The SMILES string of the molecule is O=C1CC(S(=O)(=O)F)CN1Cc1cc(F)ccc1F. The molecule has 1 amide bonds. The van der Waals surface area contributed by atoms with Crippen LogP contribution < -0.4 is 0 Å². The Morgan fingerprint density at radius 3 is 2.58 bits per heavy atom. The maximum Gasteiger partial charge on any atom is 0.307 e. The number of nitrogens with zero attached hydrogens (tertiary/aromatic N) is 1. The van der Waals surface area contributed by atoms with Gasteiger partial charge in [-0.1, -0.05) is 0 Å². The van der Waals surface area contributed by atoms with Crippen LogP contribution in [0.15, 0.2) is 18.2 Å². The third-order valence-electron chi connectivity index (χ3n) is 2.95. The van der Waals surface area contributed by atoms with E-state index in [2.05, 4.69) is 0 Å². The highest BCUT2D eigenvalue weighted by molar-refractivity contribution is 7.87. The maximum absolute atomic E-state index is 13.4. The van der Waals surface area contributed by atoms with E-state index >= 15 is 0 Å². The van der Waals surface area contributed by atoms with Gasteiger partial charge in [-0.25, -0.2) is 8.78 Å². The Morgan fingerprint density at radius 2 is 2.00 bits per heavy atom. The van der Waals surface area contributed by atoms with E-state index in [0.29, 0.717) is 0 Å². The van der Waals surface area contributed by atoms with Gasteiger partial charge in [0, 0.05) is 25.1 Å². The van der Waals surface area contributed by atoms with Crippen LogP contribution in [0.1, 0.15) is 12.0 Å². The molecule has 1 aliphatic heterocycles. The molecule has 0 aliphatic carbocycles. The van der Waals surface area contributed by atoms with Gasteiger partial charge in [0.25, 0.3) is 0 Å². The van der Waals surface area contributed by atoms with Gasteiger partial charge < -0.3 is 4.90 Å². The van der Waals surface area contributed by atoms with Crippen molar-refractivity contribution in [2.75, 3.05) is 6.54 Å². The highest BCUT2D eigenvalue weighted by atomic mass is 32.3. The van der Waals surface area contributed by atoms with Crippen molar-refractivity contribution < 1.29 is 25.9 Å². The Kier molecular flexibility index (Phi) is 3.53. The average Bonchev–Trinajstić information content (AvgIpc) is 2.65. The quantitative estimate of drug-likeness (QED) is 0.791. The summed E-state index contributed by atoms with van der Waals surface area (Å²) in [6, 6.07) is 2.76. The number of carbonyl (C=O) groups is 1. The van der Waals surface area contributed by atoms with Crippen molar-refractivity contribution in [2.24, 2.45) is 0 Å². The van der Waals surface area contributed by atoms with E-state index in [1.807, 2.05) is 0 Å². The molecule has 0 radical (unpaired) electrons. The first-order chi connectivity index (χ1) is 8.77. The maximum atomic E-state index is 13.4. The fraction of sp³-hybridized carbons (Fsp3) is 0.364. The van der Waals surface area contributed by atoms with Gasteiger partial charge in [-0.3, -0.25) is 4.79 Å². The molecular weight excluding hydrogens is 283 g/mol. The lowest BCUT2D eigenvalue weighted by Gasteiger charge is -2.16. The largest absolute Gasteiger partial charge is 0.337 e. The summed E-state index contributed by atoms with van der Waals surface area (Å²) in [5.74, 6) is -1.98. The summed E-state index contributed by atoms with van der Waals surface area (Å²) in [7, 11) is -4.81. The second kappa shape index (κ2) is 4.84. The zero-order chi connectivity index (χ0) is 14.2. The molecule has 4 nitrogen and oxygen atoms in total. The molecule has 1 atom stereocenters. The molecule has 0 saturated carbocycles. The summed E-state index contributed by atoms with van der Waals surface area (Å²) in [4.78, 5) is 12.5. The molecule has 0 spiro atoms. The third-order valence-corrected chi connectivity index (χ3v) is 4.06. The normalized spacial score (nSPS) is 20.1. The average molecular weight is 293 g/mol. The first-order valence-electron chi connectivity index (χ1n) is 5.42. The van der Waals surface area contributed by atoms with Gasteiger partial charge in [0.1, 0.15) is 16.9 Å². The summed E-state index contributed by atoms with van der Waals surface area (Å²) in [5, 5.41) is -1.43. The van der Waals surface area contributed by atoms with Gasteiger partial charge in [0.15, 0.2) is 0 Å². The molecule has 1 aromatic carbocycles. The highest BCUT2D eigenvalue weighted by Crippen LogP contribution is 2.22. The molecular formula is C11H10F3NO3S. The lowest BCUT2D eigenvalue weighted by atomic mass is 10.2. The van der Waals surface area contributed by atoms with Crippen molar-refractivity contribution >= 4 is 16.1 Å². The fourth-order valence-electron chi connectivity index (χ4n) is 1.95. The van der Waals surface area contributed by atoms with Crippen LogP contribution in [0, 0.1) is 11.6 Å². The van der Waals surface area contributed by atoms with Crippen LogP contribution in [0.2, 0.25) is 0 Å². The summed E-state index contributed by atoms with van der Waals surface area (Å²) in [5.41, 5.74) is -0.0785. The van der Waals surface area contributed by atoms with Crippen LogP contribution in [0.5, 0.6) is 0 Å². The van der Waals surface area contributed by atoms with E-state index in [4.69, 9.17) is 0 Å². The van der Waals surface area contributed by atoms with Crippen LogP contribution in [-0.2, 0) is 21.6 Å². The number of hydrogen-bond acceptors (Lipinski definition) is 3. The summed E-state index contributed by atoms with van der Waals surface area (Å²) < 4.78 is 60.6. The lowest BCUT2D eigenvalue weighted by molar-refractivity contribution is -0.128. The molecule has 0 N–H and O–H groups in total. The monoisotopic (exact) mass is 293 g/mol. The fourth-order valence-corrected chi connectivity index (χ4v) is 2.65. The van der Waals surface area contributed by atoms with Gasteiger partial charge in [-0.2, -0.15) is 8.42 Å². The Morgan fingerprint density at radius 1 is 1.32 bits per heavy atom. The van der Waals surface area contributed by atoms with Gasteiger partial charge in [0.05, 0.1) is 0 Å². The van der Waals surface area contributed by atoms with Crippen molar-refractivity contribution in [1.82, 2.24) is 4.90 Å². The number of likely N-dealkylation sites (tertiary alicyclic amines) is 1. The van der Waals surface area contributed by atoms with Crippen molar-refractivity contribution in [3.8, 4) is 0 Å². The molecule has 1 heterocycles. The minimum Gasteiger partial charge on any atom is -0.337 e. The summed E-state index contributed by atoms with van der Waals surface area (Å²) >= 11 is 0. The van der Waals surface area contributed by atoms with Crippen molar-refractivity contribution in [1.29, 1.82) is 0 Å². The van der Waals surface area contributed by atoms with E-state index in [9.17, 15) is 25.9 Å². The van der Waals surface area contributed by atoms with Gasteiger partial charge in [-0.15, -0.1) is 3.89 Å². The van der Waals surface area contributed by atoms with Crippen LogP contribution in [0.4, 0.5) is 12.7 Å². The van der Waals surface area contributed by atoms with Crippen LogP contribution >= 0.6 is 0 Å². The number of rotatable bonds is 3. The van der Waals surface area contributed by atoms with Crippen molar-refractivity contribution in [3.63, 3.8) is 0 Å². The molecule has 8 heteroatoms. The number of amides is 1. The molecule has 1 fully saturated rings. The Balaban J connectivity index is 2.16. The Hall–Kier alpha value is -1.57. The number of halogens is 3. The predicted molar refractivity (Wildman–Crippen MR) is 60.2 cm³/mol. The zero-order valence-corrected chi connectivity index (χ0v) is 10.5. The summed E-state index contributed by atoms with van der Waals surface area (Å²) in [6.07, 6.45) is -0.476. The molecule has 1 saturated heterocycles. The topological polar surface area (TPSA) is 54.5 Å². The van der Waals surface area contributed by atoms with E-state index < -0.39 is 39.4 Å². The zero-order valence-electron chi connectivity index (χ0n) is 9.64. The second-order valence-corrected chi connectivity index (χ2v) is 5.93. The standard InChI is InChI=1S/C11H10F3NO3S/c12-8-1-2-10(13)7(3-8)5-15-6-9(4-11(15)16)19(14,17)18/h1-3,9H,4-6H2.